The minimum Gasteiger partial charge on any atom is -0.493 e. The summed E-state index contributed by atoms with van der Waals surface area (Å²) in [6.45, 7) is 0.522. The standard InChI is InChI=1S/C24H22O4/c1-26-23-15-11-20(16-24(23)27-2)22(25)14-10-18-8-12-21(13-9-18)28-17-19-6-4-3-5-7-19/h3-16H,17H2,1-2H3. The summed E-state index contributed by atoms with van der Waals surface area (Å²) in [4.78, 5) is 12.4. The van der Waals surface area contributed by atoms with Gasteiger partial charge in [0.15, 0.2) is 17.3 Å². The number of ketones is 1. The van der Waals surface area contributed by atoms with Crippen LogP contribution in [-0.4, -0.2) is 20.0 Å². The van der Waals surface area contributed by atoms with Crippen LogP contribution in [0.2, 0.25) is 0 Å². The van der Waals surface area contributed by atoms with Crippen molar-refractivity contribution in [3.63, 3.8) is 0 Å². The zero-order chi connectivity index (χ0) is 19.8. The summed E-state index contributed by atoms with van der Waals surface area (Å²) in [6, 6.07) is 22.7. The van der Waals surface area contributed by atoms with Gasteiger partial charge in [0.25, 0.3) is 0 Å². The number of hydrogen-bond acceptors (Lipinski definition) is 4. The first-order valence-corrected chi connectivity index (χ1v) is 8.91. The second-order valence-electron chi connectivity index (χ2n) is 6.11. The van der Waals surface area contributed by atoms with Crippen molar-refractivity contribution in [2.45, 2.75) is 6.61 Å². The van der Waals surface area contributed by atoms with E-state index in [0.717, 1.165) is 16.9 Å². The highest BCUT2D eigenvalue weighted by atomic mass is 16.5. The van der Waals surface area contributed by atoms with Crippen LogP contribution in [-0.2, 0) is 6.61 Å². The molecule has 0 spiro atoms. The molecule has 4 heteroatoms. The number of methoxy groups -OCH3 is 2. The van der Waals surface area contributed by atoms with Gasteiger partial charge in [-0.1, -0.05) is 48.5 Å². The minimum atomic E-state index is -0.106. The zero-order valence-corrected chi connectivity index (χ0v) is 15.9. The lowest BCUT2D eigenvalue weighted by Gasteiger charge is -2.08. The molecule has 0 amide bonds. The van der Waals surface area contributed by atoms with Crippen LogP contribution in [0.15, 0.2) is 78.9 Å². The molecule has 3 aromatic carbocycles. The highest BCUT2D eigenvalue weighted by Gasteiger charge is 2.08. The first kappa shape index (κ1) is 19.2. The number of allylic oxidation sites excluding steroid dienone is 1. The van der Waals surface area contributed by atoms with Gasteiger partial charge < -0.3 is 14.2 Å². The summed E-state index contributed by atoms with van der Waals surface area (Å²) in [5, 5.41) is 0. The SMILES string of the molecule is COc1ccc(C(=O)C=Cc2ccc(OCc3ccccc3)cc2)cc1OC. The van der Waals surface area contributed by atoms with E-state index in [0.29, 0.717) is 23.7 Å². The molecule has 0 saturated heterocycles. The van der Waals surface area contributed by atoms with E-state index in [1.54, 1.807) is 44.6 Å². The Bertz CT molecular complexity index is 944. The Morgan fingerprint density at radius 2 is 1.57 bits per heavy atom. The van der Waals surface area contributed by atoms with Crippen LogP contribution in [0.3, 0.4) is 0 Å². The molecule has 0 radical (unpaired) electrons. The highest BCUT2D eigenvalue weighted by Crippen LogP contribution is 2.28. The maximum atomic E-state index is 12.4. The molecule has 4 nitrogen and oxygen atoms in total. The van der Waals surface area contributed by atoms with Crippen molar-refractivity contribution in [3.05, 3.63) is 95.6 Å². The largest absolute Gasteiger partial charge is 0.493 e. The average Bonchev–Trinajstić information content (AvgIpc) is 2.77. The van der Waals surface area contributed by atoms with Gasteiger partial charge in [-0.05, 0) is 47.5 Å². The lowest BCUT2D eigenvalue weighted by Crippen LogP contribution is -1.97. The third-order valence-corrected chi connectivity index (χ3v) is 4.22. The van der Waals surface area contributed by atoms with Crippen molar-refractivity contribution in [2.75, 3.05) is 14.2 Å². The van der Waals surface area contributed by atoms with E-state index in [1.165, 1.54) is 0 Å². The summed E-state index contributed by atoms with van der Waals surface area (Å²) >= 11 is 0. The van der Waals surface area contributed by atoms with E-state index in [2.05, 4.69) is 0 Å². The first-order valence-electron chi connectivity index (χ1n) is 8.91. The molecular weight excluding hydrogens is 352 g/mol. The molecule has 0 bridgehead atoms. The molecule has 0 saturated carbocycles. The number of rotatable bonds is 8. The molecule has 0 aliphatic carbocycles. The number of hydrogen-bond donors (Lipinski definition) is 0. The molecule has 0 aliphatic heterocycles. The van der Waals surface area contributed by atoms with Crippen molar-refractivity contribution in [2.24, 2.45) is 0 Å². The van der Waals surface area contributed by atoms with E-state index >= 15 is 0 Å². The van der Waals surface area contributed by atoms with Crippen molar-refractivity contribution < 1.29 is 19.0 Å². The Labute approximate surface area is 165 Å². The van der Waals surface area contributed by atoms with Crippen LogP contribution < -0.4 is 14.2 Å². The Balaban J connectivity index is 1.61. The summed E-state index contributed by atoms with van der Waals surface area (Å²) in [6.07, 6.45) is 3.32. The zero-order valence-electron chi connectivity index (χ0n) is 15.9. The predicted molar refractivity (Wildman–Crippen MR) is 110 cm³/mol. The van der Waals surface area contributed by atoms with Crippen LogP contribution in [0.5, 0.6) is 17.2 Å². The molecule has 142 valence electrons. The molecule has 0 aliphatic rings. The van der Waals surface area contributed by atoms with Crippen molar-refractivity contribution in [1.82, 2.24) is 0 Å². The number of ether oxygens (including phenoxy) is 3. The van der Waals surface area contributed by atoms with Gasteiger partial charge >= 0.3 is 0 Å². The monoisotopic (exact) mass is 374 g/mol. The van der Waals surface area contributed by atoms with Gasteiger partial charge in [0, 0.05) is 5.56 Å². The highest BCUT2D eigenvalue weighted by molar-refractivity contribution is 6.07. The van der Waals surface area contributed by atoms with Crippen LogP contribution in [0, 0.1) is 0 Å². The van der Waals surface area contributed by atoms with Gasteiger partial charge in [-0.25, -0.2) is 0 Å². The molecular formula is C24H22O4. The maximum Gasteiger partial charge on any atom is 0.185 e. The van der Waals surface area contributed by atoms with Gasteiger partial charge in [-0.15, -0.1) is 0 Å². The van der Waals surface area contributed by atoms with Gasteiger partial charge in [0.05, 0.1) is 14.2 Å². The third kappa shape index (κ3) is 5.01. The Morgan fingerprint density at radius 3 is 2.25 bits per heavy atom. The lowest BCUT2D eigenvalue weighted by molar-refractivity contribution is 0.104. The molecule has 0 fully saturated rings. The topological polar surface area (TPSA) is 44.8 Å². The quantitative estimate of drug-likeness (QED) is 0.403. The summed E-state index contributed by atoms with van der Waals surface area (Å²) < 4.78 is 16.2. The van der Waals surface area contributed by atoms with Crippen molar-refractivity contribution in [3.8, 4) is 17.2 Å². The third-order valence-electron chi connectivity index (χ3n) is 4.22. The average molecular weight is 374 g/mol. The van der Waals surface area contributed by atoms with Gasteiger partial charge in [0.2, 0.25) is 0 Å². The van der Waals surface area contributed by atoms with Crippen LogP contribution >= 0.6 is 0 Å². The molecule has 0 unspecified atom stereocenters. The summed E-state index contributed by atoms with van der Waals surface area (Å²) in [7, 11) is 3.11. The van der Waals surface area contributed by atoms with Crippen molar-refractivity contribution >= 4 is 11.9 Å². The number of benzene rings is 3. The molecule has 0 heterocycles. The fourth-order valence-electron chi connectivity index (χ4n) is 2.67. The second-order valence-corrected chi connectivity index (χ2v) is 6.11. The minimum absolute atomic E-state index is 0.106. The fourth-order valence-corrected chi connectivity index (χ4v) is 2.67. The Morgan fingerprint density at radius 1 is 0.857 bits per heavy atom. The van der Waals surface area contributed by atoms with Gasteiger partial charge in [-0.3, -0.25) is 4.79 Å². The van der Waals surface area contributed by atoms with Crippen LogP contribution in [0.25, 0.3) is 6.08 Å². The fraction of sp³-hybridized carbons (Fsp3) is 0.125. The Hall–Kier alpha value is -3.53. The van der Waals surface area contributed by atoms with Crippen molar-refractivity contribution in [1.29, 1.82) is 0 Å². The second kappa shape index (κ2) is 9.42. The molecule has 0 N–H and O–H groups in total. The van der Waals surface area contributed by atoms with E-state index in [1.807, 2.05) is 54.6 Å². The molecule has 3 aromatic rings. The van der Waals surface area contributed by atoms with Gasteiger partial charge in [0.1, 0.15) is 12.4 Å². The molecule has 3 rings (SSSR count). The maximum absolute atomic E-state index is 12.4. The number of carbonyl (C=O) groups excluding carboxylic acids is 1. The van der Waals surface area contributed by atoms with Crippen LogP contribution in [0.4, 0.5) is 0 Å². The molecule has 0 atom stereocenters. The van der Waals surface area contributed by atoms with E-state index in [9.17, 15) is 4.79 Å². The van der Waals surface area contributed by atoms with Crippen LogP contribution in [0.1, 0.15) is 21.5 Å². The van der Waals surface area contributed by atoms with E-state index in [-0.39, 0.29) is 5.78 Å². The summed E-state index contributed by atoms with van der Waals surface area (Å²) in [5.41, 5.74) is 2.57. The molecule has 28 heavy (non-hydrogen) atoms. The smallest absolute Gasteiger partial charge is 0.185 e. The predicted octanol–water partition coefficient (Wildman–Crippen LogP) is 5.18. The first-order chi connectivity index (χ1) is 13.7. The Kier molecular flexibility index (Phi) is 6.47. The number of carbonyl (C=O) groups is 1. The normalized spacial score (nSPS) is 10.6. The van der Waals surface area contributed by atoms with E-state index in [4.69, 9.17) is 14.2 Å². The molecule has 0 aromatic heterocycles. The summed E-state index contributed by atoms with van der Waals surface area (Å²) in [5.74, 6) is 1.80. The lowest BCUT2D eigenvalue weighted by atomic mass is 10.1. The van der Waals surface area contributed by atoms with Gasteiger partial charge in [-0.2, -0.15) is 0 Å². The van der Waals surface area contributed by atoms with E-state index < -0.39 is 0 Å².